The lowest BCUT2D eigenvalue weighted by molar-refractivity contribution is -0.115. The highest BCUT2D eigenvalue weighted by Crippen LogP contribution is 2.39. The van der Waals surface area contributed by atoms with Crippen molar-refractivity contribution in [3.8, 4) is 17.2 Å². The summed E-state index contributed by atoms with van der Waals surface area (Å²) >= 11 is 0. The lowest BCUT2D eigenvalue weighted by atomic mass is 10.2. The average Bonchev–Trinajstić information content (AvgIpc) is 2.63. The van der Waals surface area contributed by atoms with E-state index < -0.39 is 11.6 Å². The van der Waals surface area contributed by atoms with Crippen molar-refractivity contribution in [3.63, 3.8) is 0 Å². The summed E-state index contributed by atoms with van der Waals surface area (Å²) < 4.78 is 41.7. The van der Waals surface area contributed by atoms with Gasteiger partial charge in [0.15, 0.2) is 23.1 Å². The van der Waals surface area contributed by atoms with Gasteiger partial charge in [-0.3, -0.25) is 4.79 Å². The minimum Gasteiger partial charge on any atom is -0.493 e. The van der Waals surface area contributed by atoms with Crippen LogP contribution in [0.4, 0.5) is 20.2 Å². The predicted octanol–water partition coefficient (Wildman–Crippen LogP) is 3.43. The van der Waals surface area contributed by atoms with E-state index in [4.69, 9.17) is 14.2 Å². The molecule has 0 saturated carbocycles. The van der Waals surface area contributed by atoms with Crippen LogP contribution in [-0.2, 0) is 4.79 Å². The number of carbonyl (C=O) groups excluding carboxylic acids is 1. The number of nitrogens with one attached hydrogen (secondary N) is 2. The maximum atomic E-state index is 13.1. The molecule has 0 saturated heterocycles. The van der Waals surface area contributed by atoms with E-state index in [9.17, 15) is 13.6 Å². The maximum Gasteiger partial charge on any atom is 0.226 e. The van der Waals surface area contributed by atoms with Gasteiger partial charge in [0.05, 0.1) is 21.3 Å². The molecule has 0 spiro atoms. The molecule has 0 heterocycles. The van der Waals surface area contributed by atoms with Crippen LogP contribution >= 0.6 is 0 Å². The van der Waals surface area contributed by atoms with Crippen molar-refractivity contribution >= 4 is 17.3 Å². The van der Waals surface area contributed by atoms with E-state index in [-0.39, 0.29) is 18.9 Å². The Bertz CT molecular complexity index is 759. The van der Waals surface area contributed by atoms with Gasteiger partial charge in [-0.15, -0.1) is 0 Å². The first-order valence-electron chi connectivity index (χ1n) is 7.77. The number of ether oxygens (including phenoxy) is 3. The molecule has 0 fully saturated rings. The number of rotatable bonds is 8. The van der Waals surface area contributed by atoms with E-state index in [1.807, 2.05) is 0 Å². The molecule has 2 aromatic rings. The van der Waals surface area contributed by atoms with Gasteiger partial charge in [0.25, 0.3) is 0 Å². The lowest BCUT2D eigenvalue weighted by Crippen LogP contribution is -2.16. The first-order chi connectivity index (χ1) is 12.5. The zero-order chi connectivity index (χ0) is 19.1. The number of anilines is 2. The van der Waals surface area contributed by atoms with Crippen molar-refractivity contribution in [3.05, 3.63) is 42.0 Å². The molecule has 6 nitrogen and oxygen atoms in total. The number of hydrogen-bond donors (Lipinski definition) is 2. The fourth-order valence-electron chi connectivity index (χ4n) is 2.30. The Morgan fingerprint density at radius 1 is 0.923 bits per heavy atom. The first-order valence-corrected chi connectivity index (χ1v) is 7.77. The molecule has 0 unspecified atom stereocenters. The van der Waals surface area contributed by atoms with Gasteiger partial charge >= 0.3 is 0 Å². The normalized spacial score (nSPS) is 10.2. The summed E-state index contributed by atoms with van der Waals surface area (Å²) in [5, 5.41) is 5.58. The highest BCUT2D eigenvalue weighted by molar-refractivity contribution is 5.91. The van der Waals surface area contributed by atoms with E-state index in [1.54, 1.807) is 12.1 Å². The molecule has 0 aliphatic carbocycles. The number of hydrogen-bond acceptors (Lipinski definition) is 5. The standard InChI is InChI=1S/C18H20F2N2O4/c1-24-15-9-12(10-16(25-2)18(15)26-3)22-17(23)6-7-21-11-4-5-13(19)14(20)8-11/h4-5,8-10,21H,6-7H2,1-3H3,(H,22,23). The van der Waals surface area contributed by atoms with Crippen LogP contribution in [0.3, 0.4) is 0 Å². The van der Waals surface area contributed by atoms with Crippen molar-refractivity contribution in [1.82, 2.24) is 0 Å². The molecule has 26 heavy (non-hydrogen) atoms. The fraction of sp³-hybridized carbons (Fsp3) is 0.278. The second kappa shape index (κ2) is 8.89. The molecule has 0 aromatic heterocycles. The van der Waals surface area contributed by atoms with Crippen LogP contribution in [0.1, 0.15) is 6.42 Å². The summed E-state index contributed by atoms with van der Waals surface area (Å²) in [7, 11) is 4.45. The second-order valence-corrected chi connectivity index (χ2v) is 5.27. The molecule has 0 bridgehead atoms. The quantitative estimate of drug-likeness (QED) is 0.749. The molecule has 0 aliphatic heterocycles. The minimum atomic E-state index is -0.947. The van der Waals surface area contributed by atoms with Crippen LogP contribution in [0.2, 0.25) is 0 Å². The van der Waals surface area contributed by atoms with E-state index in [0.717, 1.165) is 12.1 Å². The molecule has 8 heteroatoms. The Labute approximate surface area is 150 Å². The van der Waals surface area contributed by atoms with Crippen molar-refractivity contribution in [2.75, 3.05) is 38.5 Å². The van der Waals surface area contributed by atoms with Gasteiger partial charge in [-0.05, 0) is 18.2 Å². The van der Waals surface area contributed by atoms with Crippen LogP contribution in [-0.4, -0.2) is 33.8 Å². The molecule has 2 N–H and O–H groups in total. The Morgan fingerprint density at radius 3 is 2.12 bits per heavy atom. The molecule has 0 aliphatic rings. The summed E-state index contributed by atoms with van der Waals surface area (Å²) in [6.07, 6.45) is 0.121. The number of amides is 1. The van der Waals surface area contributed by atoms with Crippen LogP contribution in [0, 0.1) is 11.6 Å². The van der Waals surface area contributed by atoms with E-state index in [2.05, 4.69) is 10.6 Å². The number of carbonyl (C=O) groups is 1. The summed E-state index contributed by atoms with van der Waals surface area (Å²) in [6, 6.07) is 6.68. The third-order valence-electron chi connectivity index (χ3n) is 3.55. The molecular weight excluding hydrogens is 346 g/mol. The highest BCUT2D eigenvalue weighted by atomic mass is 19.2. The Morgan fingerprint density at radius 2 is 1.58 bits per heavy atom. The highest BCUT2D eigenvalue weighted by Gasteiger charge is 2.14. The zero-order valence-corrected chi connectivity index (χ0v) is 14.7. The third kappa shape index (κ3) is 4.75. The minimum absolute atomic E-state index is 0.121. The number of benzene rings is 2. The van der Waals surface area contributed by atoms with Crippen LogP contribution in [0.5, 0.6) is 17.2 Å². The summed E-state index contributed by atoms with van der Waals surface area (Å²) in [6.45, 7) is 0.251. The molecule has 2 rings (SSSR count). The van der Waals surface area contributed by atoms with Crippen molar-refractivity contribution in [2.45, 2.75) is 6.42 Å². The van der Waals surface area contributed by atoms with E-state index in [1.165, 1.54) is 27.4 Å². The van der Waals surface area contributed by atoms with E-state index >= 15 is 0 Å². The molecule has 1 amide bonds. The van der Waals surface area contributed by atoms with Crippen LogP contribution in [0.25, 0.3) is 0 Å². The van der Waals surface area contributed by atoms with Crippen LogP contribution < -0.4 is 24.8 Å². The predicted molar refractivity (Wildman–Crippen MR) is 94.2 cm³/mol. The van der Waals surface area contributed by atoms with Gasteiger partial charge in [-0.1, -0.05) is 0 Å². The van der Waals surface area contributed by atoms with Gasteiger partial charge in [0.1, 0.15) is 0 Å². The molecule has 2 aromatic carbocycles. The number of halogens is 2. The van der Waals surface area contributed by atoms with Gasteiger partial charge in [-0.2, -0.15) is 0 Å². The van der Waals surface area contributed by atoms with Gasteiger partial charge in [0, 0.05) is 36.5 Å². The lowest BCUT2D eigenvalue weighted by Gasteiger charge is -2.14. The first kappa shape index (κ1) is 19.3. The SMILES string of the molecule is COc1cc(NC(=O)CCNc2ccc(F)c(F)c2)cc(OC)c1OC. The van der Waals surface area contributed by atoms with Gasteiger partial charge in [0.2, 0.25) is 11.7 Å². The summed E-state index contributed by atoms with van der Waals surface area (Å²) in [5.41, 5.74) is 0.877. The molecular formula is C18H20F2N2O4. The Kier molecular flexibility index (Phi) is 6.60. The number of methoxy groups -OCH3 is 3. The van der Waals surface area contributed by atoms with Crippen LogP contribution in [0.15, 0.2) is 30.3 Å². The summed E-state index contributed by atoms with van der Waals surface area (Å²) in [5.74, 6) is -0.876. The topological polar surface area (TPSA) is 68.8 Å². The largest absolute Gasteiger partial charge is 0.493 e. The Hall–Kier alpha value is -3.03. The Balaban J connectivity index is 1.95. The molecule has 140 valence electrons. The van der Waals surface area contributed by atoms with Crippen molar-refractivity contribution in [2.24, 2.45) is 0 Å². The fourth-order valence-corrected chi connectivity index (χ4v) is 2.30. The van der Waals surface area contributed by atoms with E-state index in [0.29, 0.717) is 28.6 Å². The molecule has 0 radical (unpaired) electrons. The average molecular weight is 366 g/mol. The van der Waals surface area contributed by atoms with Crippen molar-refractivity contribution < 1.29 is 27.8 Å². The maximum absolute atomic E-state index is 13.1. The van der Waals surface area contributed by atoms with Crippen molar-refractivity contribution in [1.29, 1.82) is 0 Å². The van der Waals surface area contributed by atoms with Gasteiger partial charge < -0.3 is 24.8 Å². The smallest absolute Gasteiger partial charge is 0.226 e. The summed E-state index contributed by atoms with van der Waals surface area (Å²) in [4.78, 5) is 12.1. The second-order valence-electron chi connectivity index (χ2n) is 5.27. The molecule has 0 atom stereocenters. The zero-order valence-electron chi connectivity index (χ0n) is 14.7. The monoisotopic (exact) mass is 366 g/mol. The van der Waals surface area contributed by atoms with Gasteiger partial charge in [-0.25, -0.2) is 8.78 Å². The third-order valence-corrected chi connectivity index (χ3v) is 3.55.